The molecule has 1 rings (SSSR count). The van der Waals surface area contributed by atoms with E-state index in [1.165, 1.54) is 37.7 Å². The molecule has 0 amide bonds. The van der Waals surface area contributed by atoms with Crippen molar-refractivity contribution in [1.82, 2.24) is 0 Å². The smallest absolute Gasteiger partial charge is 0.0816 e. The molecule has 0 spiro atoms. The number of rotatable bonds is 4. The fraction of sp³-hybridized carbons (Fsp3) is 0.667. The minimum Gasteiger partial charge on any atom is -0.0816 e. The SMILES string of the molecule is CC(C)=CCC[C+](C)[C@H]1CC=C(C)CC1. The van der Waals surface area contributed by atoms with Crippen molar-refractivity contribution in [3.8, 4) is 0 Å². The molecule has 0 heteroatoms. The summed E-state index contributed by atoms with van der Waals surface area (Å²) in [5, 5.41) is 0. The van der Waals surface area contributed by atoms with E-state index in [2.05, 4.69) is 39.8 Å². The summed E-state index contributed by atoms with van der Waals surface area (Å²) in [6.07, 6.45) is 11.3. The quantitative estimate of drug-likeness (QED) is 0.444. The third-order valence-electron chi connectivity index (χ3n) is 3.43. The van der Waals surface area contributed by atoms with Gasteiger partial charge in [-0.05, 0) is 33.6 Å². The second kappa shape index (κ2) is 6.05. The highest BCUT2D eigenvalue weighted by atomic mass is 14.2. The maximum Gasteiger partial charge on any atom is 0.104 e. The van der Waals surface area contributed by atoms with Gasteiger partial charge < -0.3 is 0 Å². The van der Waals surface area contributed by atoms with Crippen LogP contribution in [-0.2, 0) is 0 Å². The van der Waals surface area contributed by atoms with E-state index in [1.807, 2.05) is 0 Å². The molecule has 0 saturated carbocycles. The van der Waals surface area contributed by atoms with E-state index in [4.69, 9.17) is 0 Å². The van der Waals surface area contributed by atoms with Crippen LogP contribution in [0, 0.1) is 11.8 Å². The number of hydrogen-bond donors (Lipinski definition) is 0. The second-order valence-electron chi connectivity index (χ2n) is 5.19. The van der Waals surface area contributed by atoms with Gasteiger partial charge in [0.25, 0.3) is 0 Å². The molecule has 0 aliphatic heterocycles. The van der Waals surface area contributed by atoms with Gasteiger partial charge in [-0.2, -0.15) is 0 Å². The predicted octanol–water partition coefficient (Wildman–Crippen LogP) is 5.07. The molecule has 0 aromatic carbocycles. The molecule has 1 aliphatic rings. The maximum atomic E-state index is 2.43. The molecule has 1 atom stereocenters. The Kier molecular flexibility index (Phi) is 5.01. The topological polar surface area (TPSA) is 0 Å². The lowest BCUT2D eigenvalue weighted by atomic mass is 9.80. The number of hydrogen-bond acceptors (Lipinski definition) is 0. The van der Waals surface area contributed by atoms with Gasteiger partial charge in [-0.25, -0.2) is 0 Å². The lowest BCUT2D eigenvalue weighted by Crippen LogP contribution is -2.12. The van der Waals surface area contributed by atoms with Crippen molar-refractivity contribution in [2.45, 2.75) is 59.8 Å². The van der Waals surface area contributed by atoms with E-state index >= 15 is 0 Å². The van der Waals surface area contributed by atoms with Crippen LogP contribution in [0.1, 0.15) is 59.8 Å². The summed E-state index contributed by atoms with van der Waals surface area (Å²) in [4.78, 5) is 0. The Morgan fingerprint density at radius 2 is 2.27 bits per heavy atom. The van der Waals surface area contributed by atoms with Crippen LogP contribution in [-0.4, -0.2) is 0 Å². The molecule has 1 aliphatic carbocycles. The molecule has 0 saturated heterocycles. The second-order valence-corrected chi connectivity index (χ2v) is 5.19. The van der Waals surface area contributed by atoms with Crippen LogP contribution >= 0.6 is 0 Å². The Hall–Kier alpha value is -0.650. The molecule has 0 unspecified atom stereocenters. The van der Waals surface area contributed by atoms with Crippen LogP contribution < -0.4 is 0 Å². The Bertz CT molecular complexity index is 241. The zero-order valence-electron chi connectivity index (χ0n) is 10.8. The first kappa shape index (κ1) is 12.4. The van der Waals surface area contributed by atoms with Crippen molar-refractivity contribution in [3.63, 3.8) is 0 Å². The van der Waals surface area contributed by atoms with Crippen molar-refractivity contribution in [2.24, 2.45) is 5.92 Å². The van der Waals surface area contributed by atoms with E-state index < -0.39 is 0 Å². The summed E-state index contributed by atoms with van der Waals surface area (Å²) in [5.41, 5.74) is 3.03. The standard InChI is InChI=1S/C15H25/c1-12(2)6-5-7-14(4)15-10-8-13(3)9-11-15/h6,8,15H,5,7,9-11H2,1-4H3/q+1/t15-/m0/s1. The average Bonchev–Trinajstić information content (AvgIpc) is 2.18. The van der Waals surface area contributed by atoms with Crippen LogP contribution in [0.5, 0.6) is 0 Å². The normalized spacial score (nSPS) is 20.8. The Labute approximate surface area is 95.5 Å². The van der Waals surface area contributed by atoms with Gasteiger partial charge >= 0.3 is 0 Å². The molecule has 15 heavy (non-hydrogen) atoms. The van der Waals surface area contributed by atoms with Crippen LogP contribution in [0.4, 0.5) is 0 Å². The molecule has 84 valence electrons. The van der Waals surface area contributed by atoms with Gasteiger partial charge in [0.1, 0.15) is 5.92 Å². The molecule has 0 aromatic heterocycles. The van der Waals surface area contributed by atoms with Crippen molar-refractivity contribution in [1.29, 1.82) is 0 Å². The van der Waals surface area contributed by atoms with E-state index in [9.17, 15) is 0 Å². The van der Waals surface area contributed by atoms with E-state index in [1.54, 1.807) is 11.5 Å². The van der Waals surface area contributed by atoms with Crippen molar-refractivity contribution in [3.05, 3.63) is 29.2 Å². The highest BCUT2D eigenvalue weighted by molar-refractivity contribution is 5.08. The first-order valence-electron chi connectivity index (χ1n) is 6.21. The van der Waals surface area contributed by atoms with Crippen LogP contribution in [0.15, 0.2) is 23.3 Å². The first-order valence-corrected chi connectivity index (χ1v) is 6.21. The van der Waals surface area contributed by atoms with E-state index in [0.29, 0.717) is 0 Å². The first-order chi connectivity index (χ1) is 7.09. The van der Waals surface area contributed by atoms with Gasteiger partial charge in [0.15, 0.2) is 0 Å². The highest BCUT2D eigenvalue weighted by Crippen LogP contribution is 2.32. The zero-order chi connectivity index (χ0) is 11.3. The lowest BCUT2D eigenvalue weighted by Gasteiger charge is -2.18. The van der Waals surface area contributed by atoms with Crippen molar-refractivity contribution >= 4 is 0 Å². The fourth-order valence-electron chi connectivity index (χ4n) is 2.21. The van der Waals surface area contributed by atoms with Gasteiger partial charge in [-0.1, -0.05) is 23.3 Å². The summed E-state index contributed by atoms with van der Waals surface area (Å²) in [6, 6.07) is 0. The van der Waals surface area contributed by atoms with E-state index in [-0.39, 0.29) is 0 Å². The van der Waals surface area contributed by atoms with Gasteiger partial charge in [0.05, 0.1) is 19.3 Å². The molecule has 0 fully saturated rings. The average molecular weight is 205 g/mol. The summed E-state index contributed by atoms with van der Waals surface area (Å²) in [7, 11) is 0. The minimum absolute atomic E-state index is 0.860. The van der Waals surface area contributed by atoms with E-state index in [0.717, 1.165) is 5.92 Å². The van der Waals surface area contributed by atoms with Crippen LogP contribution in [0.25, 0.3) is 0 Å². The molecule has 0 radical (unpaired) electrons. The van der Waals surface area contributed by atoms with Gasteiger partial charge in [-0.3, -0.25) is 0 Å². The number of allylic oxidation sites excluding steroid dienone is 4. The Balaban J connectivity index is 2.29. The maximum absolute atomic E-state index is 2.43. The van der Waals surface area contributed by atoms with Gasteiger partial charge in [0, 0.05) is 12.8 Å². The lowest BCUT2D eigenvalue weighted by molar-refractivity contribution is 0.463. The van der Waals surface area contributed by atoms with Crippen molar-refractivity contribution < 1.29 is 0 Å². The molecule has 0 nitrogen and oxygen atoms in total. The molecule has 0 aromatic rings. The molecular weight excluding hydrogens is 180 g/mol. The van der Waals surface area contributed by atoms with Crippen molar-refractivity contribution in [2.75, 3.05) is 0 Å². The van der Waals surface area contributed by atoms with Gasteiger partial charge in [-0.15, -0.1) is 0 Å². The zero-order valence-corrected chi connectivity index (χ0v) is 10.8. The predicted molar refractivity (Wildman–Crippen MR) is 68.7 cm³/mol. The summed E-state index contributed by atoms with van der Waals surface area (Å²) in [5.74, 6) is 2.57. The fourth-order valence-corrected chi connectivity index (χ4v) is 2.21. The van der Waals surface area contributed by atoms with Gasteiger partial charge in [0.2, 0.25) is 0 Å². The minimum atomic E-state index is 0.860. The third-order valence-corrected chi connectivity index (χ3v) is 3.43. The largest absolute Gasteiger partial charge is 0.104 e. The molecule has 0 N–H and O–H groups in total. The molecule has 0 bridgehead atoms. The highest BCUT2D eigenvalue weighted by Gasteiger charge is 2.27. The monoisotopic (exact) mass is 205 g/mol. The summed E-state index contributed by atoms with van der Waals surface area (Å²) in [6.45, 7) is 8.97. The van der Waals surface area contributed by atoms with Crippen LogP contribution in [0.3, 0.4) is 0 Å². The van der Waals surface area contributed by atoms with Crippen LogP contribution in [0.2, 0.25) is 0 Å². The third kappa shape index (κ3) is 4.59. The summed E-state index contributed by atoms with van der Waals surface area (Å²) < 4.78 is 0. The Morgan fingerprint density at radius 1 is 1.53 bits per heavy atom. The molecule has 0 heterocycles. The summed E-state index contributed by atoms with van der Waals surface area (Å²) >= 11 is 0. The molecular formula is C15H25+. The Morgan fingerprint density at radius 3 is 2.80 bits per heavy atom.